The zero-order valence-electron chi connectivity index (χ0n) is 10.4. The third-order valence-electron chi connectivity index (χ3n) is 3.92. The van der Waals surface area contributed by atoms with Gasteiger partial charge in [-0.25, -0.2) is 0 Å². The molecule has 2 unspecified atom stereocenters. The van der Waals surface area contributed by atoms with Crippen LogP contribution in [0.2, 0.25) is 0 Å². The summed E-state index contributed by atoms with van der Waals surface area (Å²) in [5.74, 6) is 0.645. The number of nitrogens with zero attached hydrogens (tertiary/aromatic N) is 2. The van der Waals surface area contributed by atoms with E-state index < -0.39 is 0 Å². The smallest absolute Gasteiger partial charge is 0.0594 e. The Morgan fingerprint density at radius 3 is 2.62 bits per heavy atom. The number of rotatable bonds is 3. The van der Waals surface area contributed by atoms with Gasteiger partial charge in [-0.05, 0) is 25.4 Å². The van der Waals surface area contributed by atoms with Gasteiger partial charge in [0.05, 0.1) is 13.2 Å². The van der Waals surface area contributed by atoms with Crippen molar-refractivity contribution in [1.29, 1.82) is 0 Å². The molecule has 2 N–H and O–H groups in total. The Kier molecular flexibility index (Phi) is 4.58. The van der Waals surface area contributed by atoms with E-state index in [1.54, 1.807) is 0 Å². The first-order valence-corrected chi connectivity index (χ1v) is 6.57. The molecule has 0 saturated carbocycles. The Hall–Kier alpha value is -0.160. The molecule has 4 nitrogen and oxygen atoms in total. The van der Waals surface area contributed by atoms with Gasteiger partial charge < -0.3 is 15.4 Å². The van der Waals surface area contributed by atoms with Crippen molar-refractivity contribution in [3.63, 3.8) is 0 Å². The SMILES string of the molecule is CCN1CCC(N)C(CN2CCOCC2)C1. The van der Waals surface area contributed by atoms with Gasteiger partial charge in [0.15, 0.2) is 0 Å². The minimum absolute atomic E-state index is 0.394. The predicted molar refractivity (Wildman–Crippen MR) is 65.5 cm³/mol. The number of likely N-dealkylation sites (tertiary alicyclic amines) is 1. The molecule has 2 saturated heterocycles. The lowest BCUT2D eigenvalue weighted by Crippen LogP contribution is -2.52. The Balaban J connectivity index is 1.81. The van der Waals surface area contributed by atoms with Gasteiger partial charge in [0.2, 0.25) is 0 Å². The van der Waals surface area contributed by atoms with Crippen LogP contribution >= 0.6 is 0 Å². The Bertz CT molecular complexity index is 206. The van der Waals surface area contributed by atoms with Crippen molar-refractivity contribution in [2.45, 2.75) is 19.4 Å². The van der Waals surface area contributed by atoms with Crippen molar-refractivity contribution in [3.05, 3.63) is 0 Å². The second kappa shape index (κ2) is 5.96. The van der Waals surface area contributed by atoms with E-state index >= 15 is 0 Å². The summed E-state index contributed by atoms with van der Waals surface area (Å²) < 4.78 is 5.37. The van der Waals surface area contributed by atoms with Crippen LogP contribution in [0.15, 0.2) is 0 Å². The van der Waals surface area contributed by atoms with Gasteiger partial charge in [-0.15, -0.1) is 0 Å². The summed E-state index contributed by atoms with van der Waals surface area (Å²) in [6, 6.07) is 0.394. The van der Waals surface area contributed by atoms with Crippen molar-refractivity contribution in [2.75, 3.05) is 52.5 Å². The van der Waals surface area contributed by atoms with Crippen LogP contribution < -0.4 is 5.73 Å². The zero-order chi connectivity index (χ0) is 11.4. The molecule has 0 aromatic carbocycles. The van der Waals surface area contributed by atoms with E-state index in [0.717, 1.165) is 45.8 Å². The third kappa shape index (κ3) is 3.17. The van der Waals surface area contributed by atoms with Crippen LogP contribution in [0, 0.1) is 5.92 Å². The fraction of sp³-hybridized carbons (Fsp3) is 1.00. The van der Waals surface area contributed by atoms with E-state index in [9.17, 15) is 0 Å². The van der Waals surface area contributed by atoms with E-state index in [4.69, 9.17) is 10.5 Å². The highest BCUT2D eigenvalue weighted by molar-refractivity contribution is 4.85. The van der Waals surface area contributed by atoms with E-state index in [0.29, 0.717) is 12.0 Å². The van der Waals surface area contributed by atoms with Crippen LogP contribution in [0.3, 0.4) is 0 Å². The summed E-state index contributed by atoms with van der Waals surface area (Å²) in [5.41, 5.74) is 6.23. The number of ether oxygens (including phenoxy) is 1. The van der Waals surface area contributed by atoms with E-state index in [2.05, 4.69) is 16.7 Å². The van der Waals surface area contributed by atoms with Crippen LogP contribution in [-0.4, -0.2) is 68.3 Å². The maximum absolute atomic E-state index is 6.23. The predicted octanol–water partition coefficient (Wildman–Crippen LogP) is -0.0123. The largest absolute Gasteiger partial charge is 0.379 e. The second-order valence-corrected chi connectivity index (χ2v) is 5.02. The summed E-state index contributed by atoms with van der Waals surface area (Å²) in [7, 11) is 0. The Morgan fingerprint density at radius 2 is 1.94 bits per heavy atom. The Labute approximate surface area is 98.7 Å². The number of hydrogen-bond acceptors (Lipinski definition) is 4. The fourth-order valence-corrected chi connectivity index (χ4v) is 2.72. The first-order chi connectivity index (χ1) is 7.79. The van der Waals surface area contributed by atoms with Crippen LogP contribution in [0.4, 0.5) is 0 Å². The molecule has 16 heavy (non-hydrogen) atoms. The van der Waals surface area contributed by atoms with Crippen LogP contribution in [-0.2, 0) is 4.74 Å². The molecule has 0 aromatic rings. The minimum atomic E-state index is 0.394. The number of piperidine rings is 1. The molecule has 0 amide bonds. The first kappa shape index (κ1) is 12.3. The van der Waals surface area contributed by atoms with Crippen molar-refractivity contribution in [3.8, 4) is 0 Å². The molecule has 2 fully saturated rings. The lowest BCUT2D eigenvalue weighted by Gasteiger charge is -2.39. The zero-order valence-corrected chi connectivity index (χ0v) is 10.4. The molecule has 0 aliphatic carbocycles. The molecule has 2 atom stereocenters. The molecule has 94 valence electrons. The maximum Gasteiger partial charge on any atom is 0.0594 e. The number of nitrogens with two attached hydrogens (primary N) is 1. The summed E-state index contributed by atoms with van der Waals surface area (Å²) >= 11 is 0. The fourth-order valence-electron chi connectivity index (χ4n) is 2.72. The van der Waals surface area contributed by atoms with Gasteiger partial charge >= 0.3 is 0 Å². The molecule has 4 heteroatoms. The molecule has 2 heterocycles. The highest BCUT2D eigenvalue weighted by Gasteiger charge is 2.27. The first-order valence-electron chi connectivity index (χ1n) is 6.57. The monoisotopic (exact) mass is 227 g/mol. The highest BCUT2D eigenvalue weighted by atomic mass is 16.5. The summed E-state index contributed by atoms with van der Waals surface area (Å²) in [6.07, 6.45) is 1.16. The van der Waals surface area contributed by atoms with Crippen LogP contribution in [0.25, 0.3) is 0 Å². The molecule has 2 aliphatic heterocycles. The lowest BCUT2D eigenvalue weighted by molar-refractivity contribution is 0.0204. The number of morpholine rings is 1. The van der Waals surface area contributed by atoms with Crippen molar-refractivity contribution in [2.24, 2.45) is 11.7 Å². The van der Waals surface area contributed by atoms with Crippen molar-refractivity contribution >= 4 is 0 Å². The van der Waals surface area contributed by atoms with Gasteiger partial charge in [0.1, 0.15) is 0 Å². The lowest BCUT2D eigenvalue weighted by atomic mass is 9.92. The summed E-state index contributed by atoms with van der Waals surface area (Å²) in [4.78, 5) is 5.03. The topological polar surface area (TPSA) is 41.7 Å². The molecule has 0 radical (unpaired) electrons. The average molecular weight is 227 g/mol. The molecule has 0 bridgehead atoms. The van der Waals surface area contributed by atoms with Gasteiger partial charge in [0, 0.05) is 32.2 Å². The molecule has 2 rings (SSSR count). The average Bonchev–Trinajstić information content (AvgIpc) is 2.33. The quantitative estimate of drug-likeness (QED) is 0.736. The summed E-state index contributed by atoms with van der Waals surface area (Å²) in [6.45, 7) is 10.8. The standard InChI is InChI=1S/C12H25N3O/c1-2-14-4-3-12(13)11(9-14)10-15-5-7-16-8-6-15/h11-12H,2-10,13H2,1H3. The van der Waals surface area contributed by atoms with Crippen LogP contribution in [0.1, 0.15) is 13.3 Å². The highest BCUT2D eigenvalue weighted by Crippen LogP contribution is 2.17. The van der Waals surface area contributed by atoms with Crippen molar-refractivity contribution in [1.82, 2.24) is 9.80 Å². The molecule has 0 spiro atoms. The Morgan fingerprint density at radius 1 is 1.19 bits per heavy atom. The minimum Gasteiger partial charge on any atom is -0.379 e. The second-order valence-electron chi connectivity index (χ2n) is 5.02. The van der Waals surface area contributed by atoms with Gasteiger partial charge in [0.25, 0.3) is 0 Å². The van der Waals surface area contributed by atoms with E-state index in [-0.39, 0.29) is 0 Å². The molecular formula is C12H25N3O. The van der Waals surface area contributed by atoms with Gasteiger partial charge in [-0.3, -0.25) is 4.90 Å². The van der Waals surface area contributed by atoms with Crippen molar-refractivity contribution < 1.29 is 4.74 Å². The molecule has 0 aromatic heterocycles. The van der Waals surface area contributed by atoms with E-state index in [1.807, 2.05) is 0 Å². The van der Waals surface area contributed by atoms with E-state index in [1.165, 1.54) is 13.1 Å². The van der Waals surface area contributed by atoms with Gasteiger partial charge in [-0.2, -0.15) is 0 Å². The molecule has 2 aliphatic rings. The van der Waals surface area contributed by atoms with Crippen LogP contribution in [0.5, 0.6) is 0 Å². The maximum atomic E-state index is 6.23. The number of hydrogen-bond donors (Lipinski definition) is 1. The normalized spacial score (nSPS) is 34.1. The molecular weight excluding hydrogens is 202 g/mol. The summed E-state index contributed by atoms with van der Waals surface area (Å²) in [5, 5.41) is 0. The van der Waals surface area contributed by atoms with Gasteiger partial charge in [-0.1, -0.05) is 6.92 Å². The third-order valence-corrected chi connectivity index (χ3v) is 3.92.